The van der Waals surface area contributed by atoms with Gasteiger partial charge in [0.25, 0.3) is 4.04 Å². The fourth-order valence-electron chi connectivity index (χ4n) is 0.984. The van der Waals surface area contributed by atoms with Crippen molar-refractivity contribution in [3.63, 3.8) is 0 Å². The molecule has 15 heavy (non-hydrogen) atoms. The fourth-order valence-corrected chi connectivity index (χ4v) is 1.68. The molecule has 1 N–H and O–H groups in total. The fraction of sp³-hybridized carbons (Fsp3) is 0.222. The molecule has 0 aliphatic heterocycles. The molecule has 0 heterocycles. The molecule has 0 radical (unpaired) electrons. The summed E-state index contributed by atoms with van der Waals surface area (Å²) < 4.78 is 11.1. The number of aromatic carboxylic acids is 1. The van der Waals surface area contributed by atoms with Crippen molar-refractivity contribution in [2.24, 2.45) is 0 Å². The van der Waals surface area contributed by atoms with Crippen molar-refractivity contribution < 1.29 is 14.3 Å². The molecule has 0 amide bonds. The van der Waals surface area contributed by atoms with E-state index in [1.807, 2.05) is 0 Å². The lowest BCUT2D eigenvalue weighted by Crippen LogP contribution is -2.11. The molecule has 0 saturated carbocycles. The Morgan fingerprint density at radius 3 is 2.27 bits per heavy atom. The van der Waals surface area contributed by atoms with Crippen LogP contribution in [0.1, 0.15) is 20.7 Å². The Morgan fingerprint density at radius 1 is 1.47 bits per heavy atom. The van der Waals surface area contributed by atoms with Crippen molar-refractivity contribution in [1.82, 2.24) is 0 Å². The Hall–Kier alpha value is -0.130. The molecule has 0 saturated heterocycles. The van der Waals surface area contributed by atoms with Gasteiger partial charge in [0.05, 0.1) is 10.4 Å². The maximum atomic E-state index is 13.2. The number of carboxylic acid groups (broad SMARTS) is 1. The van der Waals surface area contributed by atoms with Crippen LogP contribution in [0.5, 0.6) is 0 Å². The first-order chi connectivity index (χ1) is 6.82. The number of carboxylic acids is 1. The van der Waals surface area contributed by atoms with Gasteiger partial charge in [-0.1, -0.05) is 39.7 Å². The first-order valence-corrected chi connectivity index (χ1v) is 5.95. The van der Waals surface area contributed by atoms with Crippen molar-refractivity contribution in [3.8, 4) is 0 Å². The summed E-state index contributed by atoms with van der Waals surface area (Å²) in [5.74, 6) is -1.02. The molecule has 0 aliphatic rings. The topological polar surface area (TPSA) is 37.3 Å². The monoisotopic (exact) mass is 358 g/mol. The van der Waals surface area contributed by atoms with E-state index in [2.05, 4.69) is 31.9 Å². The number of carbonyl (C=O) groups is 1. The van der Waals surface area contributed by atoms with E-state index in [0.29, 0.717) is 5.56 Å². The Kier molecular flexibility index (Phi) is 4.14. The van der Waals surface area contributed by atoms with Crippen LogP contribution in [0, 0.1) is 0 Å². The largest absolute Gasteiger partial charge is 0.478 e. The molecule has 2 unspecified atom stereocenters. The van der Waals surface area contributed by atoms with Gasteiger partial charge in [-0.25, -0.2) is 9.18 Å². The normalized spacial score (nSPS) is 16.8. The van der Waals surface area contributed by atoms with Crippen molar-refractivity contribution in [2.75, 3.05) is 0 Å². The highest BCUT2D eigenvalue weighted by atomic mass is 79.9. The van der Waals surface area contributed by atoms with Gasteiger partial charge in [0.1, 0.15) is 0 Å². The maximum absolute atomic E-state index is 13.2. The van der Waals surface area contributed by atoms with E-state index < -0.39 is 14.8 Å². The molecule has 0 aromatic heterocycles. The summed E-state index contributed by atoms with van der Waals surface area (Å²) in [7, 11) is 0. The number of benzene rings is 1. The van der Waals surface area contributed by atoms with Crippen LogP contribution in [-0.2, 0) is 0 Å². The van der Waals surface area contributed by atoms with Crippen LogP contribution < -0.4 is 0 Å². The van der Waals surface area contributed by atoms with Gasteiger partial charge in [0.15, 0.2) is 0 Å². The van der Waals surface area contributed by atoms with Gasteiger partial charge in [0, 0.05) is 0 Å². The van der Waals surface area contributed by atoms with Gasteiger partial charge >= 0.3 is 5.97 Å². The summed E-state index contributed by atoms with van der Waals surface area (Å²) in [5.41, 5.74) is 0.696. The third-order valence-electron chi connectivity index (χ3n) is 1.74. The molecule has 0 spiro atoms. The summed E-state index contributed by atoms with van der Waals surface area (Å²) in [5, 5.41) is 8.65. The van der Waals surface area contributed by atoms with Crippen LogP contribution in [0.25, 0.3) is 0 Å². The predicted octanol–water partition coefficient (Wildman–Crippen LogP) is 4.08. The highest BCUT2D eigenvalue weighted by molar-refractivity contribution is 9.12. The lowest BCUT2D eigenvalue weighted by atomic mass is 10.1. The Labute approximate surface area is 108 Å². The zero-order valence-corrected chi connectivity index (χ0v) is 11.2. The van der Waals surface area contributed by atoms with Gasteiger partial charge < -0.3 is 5.11 Å². The number of rotatable bonds is 3. The molecule has 82 valence electrons. The smallest absolute Gasteiger partial charge is 0.335 e. The second-order valence-corrected chi connectivity index (χ2v) is 5.91. The highest BCUT2D eigenvalue weighted by Gasteiger charge is 2.33. The molecule has 2 nitrogen and oxygen atoms in total. The minimum absolute atomic E-state index is 0.145. The lowest BCUT2D eigenvalue weighted by molar-refractivity contribution is 0.0697. The van der Waals surface area contributed by atoms with Crippen molar-refractivity contribution in [1.29, 1.82) is 0 Å². The van der Waals surface area contributed by atoms with Crippen LogP contribution in [0.15, 0.2) is 24.3 Å². The molecule has 6 heteroatoms. The highest BCUT2D eigenvalue weighted by Crippen LogP contribution is 2.44. The van der Waals surface area contributed by atoms with E-state index >= 15 is 0 Å². The van der Waals surface area contributed by atoms with E-state index in [-0.39, 0.29) is 5.56 Å². The summed E-state index contributed by atoms with van der Waals surface area (Å²) >= 11 is 11.1. The van der Waals surface area contributed by atoms with Gasteiger partial charge in [-0.15, -0.1) is 0 Å². The molecule has 0 fully saturated rings. The van der Waals surface area contributed by atoms with Gasteiger partial charge in [-0.05, 0) is 33.6 Å². The second kappa shape index (κ2) is 4.80. The zero-order valence-electron chi connectivity index (χ0n) is 7.25. The molecule has 1 aromatic rings. The molecule has 2 atom stereocenters. The van der Waals surface area contributed by atoms with Crippen LogP contribution in [0.2, 0.25) is 0 Å². The molecular weight excluding hydrogens is 354 g/mol. The number of hydrogen-bond acceptors (Lipinski definition) is 1. The summed E-state index contributed by atoms with van der Waals surface area (Å²) in [6, 6.07) is 5.78. The minimum Gasteiger partial charge on any atom is -0.478 e. The van der Waals surface area contributed by atoms with Crippen LogP contribution in [0.4, 0.5) is 4.39 Å². The molecule has 0 aliphatic carbocycles. The van der Waals surface area contributed by atoms with E-state index in [4.69, 9.17) is 16.7 Å². The van der Waals surface area contributed by atoms with Crippen molar-refractivity contribution in [2.45, 2.75) is 8.86 Å². The number of alkyl halides is 4. The van der Waals surface area contributed by atoms with Crippen LogP contribution in [0.3, 0.4) is 0 Å². The molecule has 1 aromatic carbocycles. The zero-order chi connectivity index (χ0) is 11.6. The average molecular weight is 360 g/mol. The van der Waals surface area contributed by atoms with Crippen molar-refractivity contribution >= 4 is 49.4 Å². The number of halogens is 4. The van der Waals surface area contributed by atoms with Gasteiger partial charge in [-0.3, -0.25) is 0 Å². The third kappa shape index (κ3) is 3.43. The Balaban J connectivity index is 2.94. The minimum atomic E-state index is -2.10. The SMILES string of the molecule is O=C(O)c1ccc(C(Br)C(F)(Cl)Br)cc1. The average Bonchev–Trinajstić information content (AvgIpc) is 2.15. The quantitative estimate of drug-likeness (QED) is 0.825. The first kappa shape index (κ1) is 12.9. The van der Waals surface area contributed by atoms with E-state index in [1.165, 1.54) is 24.3 Å². The molecule has 0 bridgehead atoms. The van der Waals surface area contributed by atoms with Crippen LogP contribution in [-0.4, -0.2) is 15.1 Å². The summed E-state index contributed by atoms with van der Waals surface area (Å²) in [6.45, 7) is 0. The van der Waals surface area contributed by atoms with E-state index in [1.54, 1.807) is 0 Å². The van der Waals surface area contributed by atoms with Gasteiger partial charge in [-0.2, -0.15) is 0 Å². The second-order valence-electron chi connectivity index (χ2n) is 2.83. The number of hydrogen-bond donors (Lipinski definition) is 1. The van der Waals surface area contributed by atoms with Crippen molar-refractivity contribution in [3.05, 3.63) is 35.4 Å². The first-order valence-electron chi connectivity index (χ1n) is 3.86. The third-order valence-corrected chi connectivity index (χ3v) is 4.45. The Bertz CT molecular complexity index is 361. The Morgan fingerprint density at radius 2 is 1.93 bits per heavy atom. The summed E-state index contributed by atoms with van der Waals surface area (Å²) in [6.07, 6.45) is 0. The lowest BCUT2D eigenvalue weighted by Gasteiger charge is -2.17. The molecular formula is C9H6Br2ClFO2. The predicted molar refractivity (Wildman–Crippen MR) is 63.7 cm³/mol. The van der Waals surface area contributed by atoms with E-state index in [9.17, 15) is 9.18 Å². The van der Waals surface area contributed by atoms with E-state index in [0.717, 1.165) is 0 Å². The van der Waals surface area contributed by atoms with Gasteiger partial charge in [0.2, 0.25) is 0 Å². The standard InChI is InChI=1S/C9H6Br2ClFO2/c10-7(9(11,12)13)5-1-3-6(4-2-5)8(14)15/h1-4,7H,(H,14,15). The maximum Gasteiger partial charge on any atom is 0.335 e. The molecule has 1 rings (SSSR count). The summed E-state index contributed by atoms with van der Waals surface area (Å²) in [4.78, 5) is 9.80. The van der Waals surface area contributed by atoms with Crippen LogP contribution >= 0.6 is 43.5 Å².